The van der Waals surface area contributed by atoms with Crippen LogP contribution < -0.4 is 10.1 Å². The van der Waals surface area contributed by atoms with Gasteiger partial charge in [0, 0.05) is 12.6 Å². The number of nitrogens with one attached hydrogen (secondary N) is 1. The van der Waals surface area contributed by atoms with Crippen LogP contribution in [-0.4, -0.2) is 23.1 Å². The number of aryl methyl sites for hydroxylation is 1. The first-order valence-electron chi connectivity index (χ1n) is 6.35. The van der Waals surface area contributed by atoms with Crippen molar-refractivity contribution in [2.45, 2.75) is 12.8 Å². The highest BCUT2D eigenvalue weighted by Gasteiger charge is 2.07. The van der Waals surface area contributed by atoms with Crippen molar-refractivity contribution in [3.63, 3.8) is 0 Å². The lowest BCUT2D eigenvalue weighted by Crippen LogP contribution is -2.12. The number of aromatic hydroxyl groups is 1. The van der Waals surface area contributed by atoms with E-state index in [1.54, 1.807) is 13.2 Å². The van der Waals surface area contributed by atoms with Crippen LogP contribution in [0.3, 0.4) is 0 Å². The second-order valence-electron chi connectivity index (χ2n) is 4.41. The maximum absolute atomic E-state index is 11.9. The van der Waals surface area contributed by atoms with E-state index in [1.807, 2.05) is 18.2 Å². The minimum atomic E-state index is -0.163. The third kappa shape index (κ3) is 4.19. The van der Waals surface area contributed by atoms with Crippen LogP contribution in [0.1, 0.15) is 12.0 Å². The average molecular weight is 351 g/mol. The molecule has 0 aliphatic rings. The van der Waals surface area contributed by atoms with Crippen molar-refractivity contribution < 1.29 is 14.6 Å². The van der Waals surface area contributed by atoms with Gasteiger partial charge in [0.1, 0.15) is 5.75 Å². The van der Waals surface area contributed by atoms with Crippen LogP contribution in [0.4, 0.5) is 5.69 Å². The predicted molar refractivity (Wildman–Crippen MR) is 83.5 cm³/mol. The van der Waals surface area contributed by atoms with Gasteiger partial charge in [0.15, 0.2) is 5.75 Å². The molecule has 1 heterocycles. The highest BCUT2D eigenvalue weighted by molar-refractivity contribution is 9.10. The molecule has 0 aliphatic carbocycles. The van der Waals surface area contributed by atoms with E-state index < -0.39 is 0 Å². The van der Waals surface area contributed by atoms with Gasteiger partial charge in [-0.2, -0.15) is 0 Å². The van der Waals surface area contributed by atoms with Crippen LogP contribution >= 0.6 is 15.9 Å². The van der Waals surface area contributed by atoms with E-state index in [0.717, 1.165) is 15.8 Å². The number of pyridine rings is 1. The molecule has 0 fully saturated rings. The molecule has 1 amide bonds. The normalized spacial score (nSPS) is 10.2. The molecule has 0 saturated carbocycles. The third-order valence-corrected chi connectivity index (χ3v) is 3.55. The fourth-order valence-electron chi connectivity index (χ4n) is 1.83. The number of carbonyl (C=O) groups is 1. The Kier molecular flexibility index (Phi) is 5.16. The second kappa shape index (κ2) is 7.08. The average Bonchev–Trinajstić information content (AvgIpc) is 2.48. The Balaban J connectivity index is 1.92. The van der Waals surface area contributed by atoms with Gasteiger partial charge in [-0.3, -0.25) is 9.78 Å². The molecule has 0 unspecified atom stereocenters. The largest absolute Gasteiger partial charge is 0.504 e. The zero-order valence-electron chi connectivity index (χ0n) is 11.5. The molecular weight excluding hydrogens is 336 g/mol. The summed E-state index contributed by atoms with van der Waals surface area (Å²) in [6.45, 7) is 0. The SMILES string of the molecule is COc1ccc(CCC(=O)Nc2ccncc2O)cc1Br. The van der Waals surface area contributed by atoms with Crippen molar-refractivity contribution in [3.8, 4) is 11.5 Å². The number of methoxy groups -OCH3 is 1. The number of benzene rings is 1. The molecule has 0 atom stereocenters. The number of hydrogen-bond donors (Lipinski definition) is 2. The molecular formula is C15H15BrN2O3. The van der Waals surface area contributed by atoms with E-state index in [1.165, 1.54) is 12.4 Å². The highest BCUT2D eigenvalue weighted by Crippen LogP contribution is 2.26. The van der Waals surface area contributed by atoms with Gasteiger partial charge in [-0.1, -0.05) is 6.07 Å². The Labute approximate surface area is 131 Å². The Hall–Kier alpha value is -2.08. The first-order valence-corrected chi connectivity index (χ1v) is 7.14. The minimum absolute atomic E-state index is 0.0435. The molecule has 2 N–H and O–H groups in total. The fraction of sp³-hybridized carbons (Fsp3) is 0.200. The summed E-state index contributed by atoms with van der Waals surface area (Å²) in [4.78, 5) is 15.6. The van der Waals surface area contributed by atoms with Crippen molar-refractivity contribution in [2.24, 2.45) is 0 Å². The quantitative estimate of drug-likeness (QED) is 0.868. The summed E-state index contributed by atoms with van der Waals surface area (Å²) in [6, 6.07) is 7.25. The minimum Gasteiger partial charge on any atom is -0.504 e. The molecule has 1 aromatic carbocycles. The number of halogens is 1. The topological polar surface area (TPSA) is 71.5 Å². The van der Waals surface area contributed by atoms with E-state index in [9.17, 15) is 9.90 Å². The summed E-state index contributed by atoms with van der Waals surface area (Å²) in [5.41, 5.74) is 1.39. The van der Waals surface area contributed by atoms with Gasteiger partial charge in [0.2, 0.25) is 5.91 Å². The highest BCUT2D eigenvalue weighted by atomic mass is 79.9. The van der Waals surface area contributed by atoms with Crippen molar-refractivity contribution in [1.29, 1.82) is 0 Å². The number of nitrogens with zero attached hydrogens (tertiary/aromatic N) is 1. The molecule has 21 heavy (non-hydrogen) atoms. The molecule has 0 spiro atoms. The Bertz CT molecular complexity index is 647. The summed E-state index contributed by atoms with van der Waals surface area (Å²) in [6.07, 6.45) is 3.72. The number of rotatable bonds is 5. The number of carbonyl (C=O) groups excluding carboxylic acids is 1. The molecule has 0 radical (unpaired) electrons. The molecule has 110 valence electrons. The number of aromatic nitrogens is 1. The standard InChI is InChI=1S/C15H15BrN2O3/c1-21-14-4-2-10(8-11(14)16)3-5-15(20)18-12-6-7-17-9-13(12)19/h2,4,6-9,19H,3,5H2,1H3,(H,17,18,20). The Morgan fingerprint density at radius 3 is 2.90 bits per heavy atom. The van der Waals surface area contributed by atoms with Gasteiger partial charge in [-0.15, -0.1) is 0 Å². The van der Waals surface area contributed by atoms with Crippen LogP contribution in [0.2, 0.25) is 0 Å². The lowest BCUT2D eigenvalue weighted by Gasteiger charge is -2.08. The van der Waals surface area contributed by atoms with Gasteiger partial charge in [-0.25, -0.2) is 0 Å². The van der Waals surface area contributed by atoms with Gasteiger partial charge in [0.05, 0.1) is 23.5 Å². The summed E-state index contributed by atoms with van der Waals surface area (Å²) >= 11 is 3.41. The zero-order chi connectivity index (χ0) is 15.2. The number of amides is 1. The molecule has 1 aromatic heterocycles. The predicted octanol–water partition coefficient (Wildman–Crippen LogP) is 3.13. The van der Waals surface area contributed by atoms with Crippen LogP contribution in [0.5, 0.6) is 11.5 Å². The van der Waals surface area contributed by atoms with Crippen LogP contribution in [0.15, 0.2) is 41.1 Å². The van der Waals surface area contributed by atoms with Gasteiger partial charge >= 0.3 is 0 Å². The lowest BCUT2D eigenvalue weighted by atomic mass is 10.1. The molecule has 0 saturated heterocycles. The smallest absolute Gasteiger partial charge is 0.224 e. The Morgan fingerprint density at radius 2 is 2.24 bits per heavy atom. The van der Waals surface area contributed by atoms with Crippen molar-refractivity contribution in [3.05, 3.63) is 46.7 Å². The molecule has 0 aliphatic heterocycles. The Morgan fingerprint density at radius 1 is 1.43 bits per heavy atom. The maximum Gasteiger partial charge on any atom is 0.224 e. The summed E-state index contributed by atoms with van der Waals surface area (Å²) in [5, 5.41) is 12.2. The van der Waals surface area contributed by atoms with Gasteiger partial charge in [0.25, 0.3) is 0 Å². The monoisotopic (exact) mass is 350 g/mol. The lowest BCUT2D eigenvalue weighted by molar-refractivity contribution is -0.116. The molecule has 2 aromatic rings. The maximum atomic E-state index is 11.9. The van der Waals surface area contributed by atoms with Crippen LogP contribution in [0, 0.1) is 0 Å². The van der Waals surface area contributed by atoms with Gasteiger partial charge in [-0.05, 0) is 46.1 Å². The third-order valence-electron chi connectivity index (χ3n) is 2.93. The number of anilines is 1. The first-order chi connectivity index (χ1) is 10.1. The van der Waals surface area contributed by atoms with E-state index in [0.29, 0.717) is 18.5 Å². The second-order valence-corrected chi connectivity index (χ2v) is 5.26. The van der Waals surface area contributed by atoms with E-state index in [2.05, 4.69) is 26.2 Å². The van der Waals surface area contributed by atoms with Crippen LogP contribution in [-0.2, 0) is 11.2 Å². The van der Waals surface area contributed by atoms with E-state index in [-0.39, 0.29) is 11.7 Å². The molecule has 6 heteroatoms. The molecule has 2 rings (SSSR count). The number of hydrogen-bond acceptors (Lipinski definition) is 4. The summed E-state index contributed by atoms with van der Waals surface area (Å²) in [7, 11) is 1.61. The van der Waals surface area contributed by atoms with E-state index >= 15 is 0 Å². The first kappa shape index (κ1) is 15.3. The van der Waals surface area contributed by atoms with E-state index in [4.69, 9.17) is 4.74 Å². The van der Waals surface area contributed by atoms with Crippen molar-refractivity contribution in [1.82, 2.24) is 4.98 Å². The molecule has 5 nitrogen and oxygen atoms in total. The van der Waals surface area contributed by atoms with Gasteiger partial charge < -0.3 is 15.2 Å². The van der Waals surface area contributed by atoms with Crippen molar-refractivity contribution >= 4 is 27.5 Å². The fourth-order valence-corrected chi connectivity index (χ4v) is 2.42. The van der Waals surface area contributed by atoms with Crippen LogP contribution in [0.25, 0.3) is 0 Å². The van der Waals surface area contributed by atoms with Crippen molar-refractivity contribution in [2.75, 3.05) is 12.4 Å². The summed E-state index contributed by atoms with van der Waals surface area (Å²) < 4.78 is 6.01. The zero-order valence-corrected chi connectivity index (χ0v) is 13.1. The number of ether oxygens (including phenoxy) is 1. The summed E-state index contributed by atoms with van der Waals surface area (Å²) in [5.74, 6) is 0.548. The molecule has 0 bridgehead atoms.